The maximum atomic E-state index is 12.3. The molecule has 0 bridgehead atoms. The van der Waals surface area contributed by atoms with Crippen LogP contribution in [0.4, 0.5) is 0 Å². The van der Waals surface area contributed by atoms with Gasteiger partial charge >= 0.3 is 0 Å². The predicted molar refractivity (Wildman–Crippen MR) is 80.2 cm³/mol. The van der Waals surface area contributed by atoms with E-state index in [-0.39, 0.29) is 5.03 Å². The number of carbonyl (C=O) groups excluding carboxylic acids is 1. The van der Waals surface area contributed by atoms with E-state index in [2.05, 4.69) is 4.98 Å². The van der Waals surface area contributed by atoms with Crippen LogP contribution in [0.25, 0.3) is 11.0 Å². The summed E-state index contributed by atoms with van der Waals surface area (Å²) in [6.07, 6.45) is 3.12. The van der Waals surface area contributed by atoms with E-state index in [1.165, 1.54) is 6.07 Å². The number of hydrogen-bond donors (Lipinski definition) is 0. The van der Waals surface area contributed by atoms with E-state index in [0.29, 0.717) is 17.3 Å². The number of sulfone groups is 1. The Kier molecular flexibility index (Phi) is 3.36. The minimum Gasteiger partial charge on any atom is -0.323 e. The van der Waals surface area contributed by atoms with Crippen LogP contribution in [0.15, 0.2) is 23.2 Å². The van der Waals surface area contributed by atoms with E-state index in [1.54, 1.807) is 26.0 Å². The lowest BCUT2D eigenvalue weighted by molar-refractivity contribution is 0.111. The third-order valence-corrected chi connectivity index (χ3v) is 5.97. The number of carbonyl (C=O) groups is 1. The first-order chi connectivity index (χ1) is 9.93. The molecule has 2 aromatic rings. The van der Waals surface area contributed by atoms with E-state index >= 15 is 0 Å². The second kappa shape index (κ2) is 4.94. The highest BCUT2D eigenvalue weighted by atomic mass is 32.2. The topological polar surface area (TPSA) is 69.0 Å². The molecule has 1 fully saturated rings. The summed E-state index contributed by atoms with van der Waals surface area (Å²) in [4.78, 5) is 15.6. The molecule has 0 aliphatic heterocycles. The predicted octanol–water partition coefficient (Wildman–Crippen LogP) is 2.44. The van der Waals surface area contributed by atoms with E-state index in [1.807, 2.05) is 4.57 Å². The van der Waals surface area contributed by atoms with E-state index in [4.69, 9.17) is 0 Å². The van der Waals surface area contributed by atoms with Gasteiger partial charge in [0.1, 0.15) is 5.65 Å². The Morgan fingerprint density at radius 1 is 1.38 bits per heavy atom. The van der Waals surface area contributed by atoms with Crippen LogP contribution in [-0.4, -0.2) is 29.5 Å². The van der Waals surface area contributed by atoms with Gasteiger partial charge in [-0.1, -0.05) is 0 Å². The number of fused-ring (bicyclic) bond motifs is 1. The minimum atomic E-state index is -3.41. The van der Waals surface area contributed by atoms with Gasteiger partial charge in [-0.15, -0.1) is 0 Å². The van der Waals surface area contributed by atoms with Gasteiger partial charge in [0, 0.05) is 11.9 Å². The van der Waals surface area contributed by atoms with Gasteiger partial charge in [0.25, 0.3) is 0 Å². The lowest BCUT2D eigenvalue weighted by Crippen LogP contribution is -2.16. The Morgan fingerprint density at radius 3 is 2.67 bits per heavy atom. The Labute approximate surface area is 123 Å². The highest BCUT2D eigenvalue weighted by Crippen LogP contribution is 2.33. The zero-order valence-corrected chi connectivity index (χ0v) is 12.9. The molecule has 2 heterocycles. The standard InChI is InChI=1S/C15H18N2O3S/c1-10(2)21(19,20)14-6-5-12-7-13(9-18)17(15(12)16-14)8-11-3-4-11/h5-7,9-11H,3-4,8H2,1-2H3. The van der Waals surface area contributed by atoms with E-state index < -0.39 is 15.1 Å². The Balaban J connectivity index is 2.17. The summed E-state index contributed by atoms with van der Waals surface area (Å²) < 4.78 is 26.4. The van der Waals surface area contributed by atoms with Crippen molar-refractivity contribution in [1.82, 2.24) is 9.55 Å². The molecule has 0 N–H and O–H groups in total. The van der Waals surface area contributed by atoms with Crippen LogP contribution in [-0.2, 0) is 16.4 Å². The number of aromatic nitrogens is 2. The van der Waals surface area contributed by atoms with E-state index in [9.17, 15) is 13.2 Å². The summed E-state index contributed by atoms with van der Waals surface area (Å²) in [6.45, 7) is 4.01. The van der Waals surface area contributed by atoms with Crippen LogP contribution >= 0.6 is 0 Å². The van der Waals surface area contributed by atoms with Crippen molar-refractivity contribution in [3.63, 3.8) is 0 Å². The molecule has 1 aliphatic rings. The lowest BCUT2D eigenvalue weighted by atomic mass is 10.3. The average molecular weight is 306 g/mol. The molecule has 1 saturated carbocycles. The highest BCUT2D eigenvalue weighted by molar-refractivity contribution is 7.91. The smallest absolute Gasteiger partial charge is 0.197 e. The van der Waals surface area contributed by atoms with Crippen molar-refractivity contribution in [2.75, 3.05) is 0 Å². The van der Waals surface area contributed by atoms with Crippen molar-refractivity contribution in [3.8, 4) is 0 Å². The summed E-state index contributed by atoms with van der Waals surface area (Å²) in [6, 6.07) is 5.02. The molecular weight excluding hydrogens is 288 g/mol. The molecule has 0 unspecified atom stereocenters. The van der Waals surface area contributed by atoms with Crippen molar-refractivity contribution in [3.05, 3.63) is 23.9 Å². The van der Waals surface area contributed by atoms with Gasteiger partial charge in [-0.2, -0.15) is 0 Å². The van der Waals surface area contributed by atoms with Gasteiger partial charge in [-0.3, -0.25) is 4.79 Å². The second-order valence-electron chi connectivity index (χ2n) is 5.90. The molecule has 1 aliphatic carbocycles. The summed E-state index contributed by atoms with van der Waals surface area (Å²) in [5.41, 5.74) is 1.15. The minimum absolute atomic E-state index is 0.0811. The quantitative estimate of drug-likeness (QED) is 0.796. The van der Waals surface area contributed by atoms with Gasteiger partial charge in [-0.05, 0) is 50.8 Å². The third-order valence-electron chi connectivity index (χ3n) is 3.92. The van der Waals surface area contributed by atoms with Crippen LogP contribution < -0.4 is 0 Å². The maximum Gasteiger partial charge on any atom is 0.197 e. The first-order valence-electron chi connectivity index (χ1n) is 7.13. The zero-order valence-electron chi connectivity index (χ0n) is 12.1. The molecule has 6 heteroatoms. The Morgan fingerprint density at radius 2 is 2.10 bits per heavy atom. The van der Waals surface area contributed by atoms with Gasteiger partial charge in [0.2, 0.25) is 0 Å². The van der Waals surface area contributed by atoms with E-state index in [0.717, 1.165) is 31.1 Å². The van der Waals surface area contributed by atoms with Crippen molar-refractivity contribution in [2.45, 2.75) is 43.5 Å². The number of nitrogens with zero attached hydrogens (tertiary/aromatic N) is 2. The molecule has 0 amide bonds. The van der Waals surface area contributed by atoms with Crippen molar-refractivity contribution >= 4 is 27.2 Å². The SMILES string of the molecule is CC(C)S(=O)(=O)c1ccc2cc(C=O)n(CC3CC3)c2n1. The monoisotopic (exact) mass is 306 g/mol. The largest absolute Gasteiger partial charge is 0.323 e. The summed E-state index contributed by atoms with van der Waals surface area (Å²) in [5.74, 6) is 0.575. The lowest BCUT2D eigenvalue weighted by Gasteiger charge is -2.09. The van der Waals surface area contributed by atoms with Gasteiger partial charge in [-0.25, -0.2) is 13.4 Å². The van der Waals surface area contributed by atoms with Crippen LogP contribution in [0.1, 0.15) is 37.2 Å². The molecule has 21 heavy (non-hydrogen) atoms. The van der Waals surface area contributed by atoms with Crippen molar-refractivity contribution < 1.29 is 13.2 Å². The van der Waals surface area contributed by atoms with Crippen LogP contribution in [0.3, 0.4) is 0 Å². The molecule has 0 atom stereocenters. The Bertz CT molecular complexity index is 802. The fourth-order valence-electron chi connectivity index (χ4n) is 2.38. The average Bonchev–Trinajstić information content (AvgIpc) is 3.19. The summed E-state index contributed by atoms with van der Waals surface area (Å²) >= 11 is 0. The molecule has 2 aromatic heterocycles. The molecule has 112 valence electrons. The molecule has 3 rings (SSSR count). The number of aldehydes is 1. The molecule has 0 spiro atoms. The normalized spacial score (nSPS) is 15.8. The highest BCUT2D eigenvalue weighted by Gasteiger charge is 2.26. The first-order valence-corrected chi connectivity index (χ1v) is 8.67. The van der Waals surface area contributed by atoms with Crippen LogP contribution in [0.5, 0.6) is 0 Å². The van der Waals surface area contributed by atoms with Gasteiger partial charge < -0.3 is 4.57 Å². The first kappa shape index (κ1) is 14.3. The van der Waals surface area contributed by atoms with Crippen LogP contribution in [0, 0.1) is 5.92 Å². The molecular formula is C15H18N2O3S. The molecule has 5 nitrogen and oxygen atoms in total. The van der Waals surface area contributed by atoms with Crippen LogP contribution in [0.2, 0.25) is 0 Å². The molecule has 0 radical (unpaired) electrons. The van der Waals surface area contributed by atoms with Crippen molar-refractivity contribution in [2.24, 2.45) is 5.92 Å². The fourth-order valence-corrected chi connectivity index (χ4v) is 3.33. The number of rotatable bonds is 5. The second-order valence-corrected chi connectivity index (χ2v) is 8.35. The zero-order chi connectivity index (χ0) is 15.2. The maximum absolute atomic E-state index is 12.3. The Hall–Kier alpha value is -1.69. The summed E-state index contributed by atoms with van der Waals surface area (Å²) in [5, 5.41) is 0.373. The fraction of sp³-hybridized carbons (Fsp3) is 0.467. The van der Waals surface area contributed by atoms with Gasteiger partial charge in [0.15, 0.2) is 21.1 Å². The third kappa shape index (κ3) is 2.48. The number of pyridine rings is 1. The molecule has 0 saturated heterocycles. The number of hydrogen-bond acceptors (Lipinski definition) is 4. The molecule has 0 aromatic carbocycles. The summed E-state index contributed by atoms with van der Waals surface area (Å²) in [7, 11) is -3.41. The van der Waals surface area contributed by atoms with Gasteiger partial charge in [0.05, 0.1) is 10.9 Å². The van der Waals surface area contributed by atoms with Crippen molar-refractivity contribution in [1.29, 1.82) is 0 Å².